The van der Waals surface area contributed by atoms with Crippen LogP contribution in [0, 0.1) is 0 Å². The lowest BCUT2D eigenvalue weighted by Gasteiger charge is -2.23. The summed E-state index contributed by atoms with van der Waals surface area (Å²) in [5.41, 5.74) is -0.304. The molecule has 9 heteroatoms. The van der Waals surface area contributed by atoms with Crippen molar-refractivity contribution < 1.29 is 17.9 Å². The second-order valence-corrected chi connectivity index (χ2v) is 7.76. The van der Waals surface area contributed by atoms with E-state index < -0.39 is 20.6 Å². The normalized spacial score (nSPS) is 22.4. The summed E-state index contributed by atoms with van der Waals surface area (Å²) in [7, 11) is 1.35. The van der Waals surface area contributed by atoms with Gasteiger partial charge in [-0.05, 0) is 26.2 Å². The number of nitrogens with one attached hydrogen (secondary N) is 2. The van der Waals surface area contributed by atoms with Gasteiger partial charge in [0.1, 0.15) is 4.90 Å². The number of aromatic nitrogens is 2. The summed E-state index contributed by atoms with van der Waals surface area (Å²) in [6, 6.07) is 0. The lowest BCUT2D eigenvalue weighted by Crippen LogP contribution is -2.40. The van der Waals surface area contributed by atoms with E-state index in [1.807, 2.05) is 6.92 Å². The highest BCUT2D eigenvalue weighted by molar-refractivity contribution is 8.13. The Kier molecular flexibility index (Phi) is 4.60. The Hall–Kier alpha value is -1.12. The highest BCUT2D eigenvalue weighted by Crippen LogP contribution is 2.25. The molecule has 0 aliphatic carbocycles. The number of ether oxygens (including phenoxy) is 1. The zero-order valence-electron chi connectivity index (χ0n) is 11.9. The fourth-order valence-electron chi connectivity index (χ4n) is 2.35. The first-order valence-corrected chi connectivity index (χ1v) is 9.02. The van der Waals surface area contributed by atoms with Crippen LogP contribution in [-0.2, 0) is 20.2 Å². The van der Waals surface area contributed by atoms with Gasteiger partial charge in [0.25, 0.3) is 15.0 Å². The van der Waals surface area contributed by atoms with Crippen LogP contribution in [0.2, 0.25) is 0 Å². The van der Waals surface area contributed by atoms with E-state index in [0.717, 1.165) is 12.8 Å². The van der Waals surface area contributed by atoms with E-state index in [-0.39, 0.29) is 10.6 Å². The molecule has 1 aliphatic heterocycles. The first-order valence-electron chi connectivity index (χ1n) is 6.71. The van der Waals surface area contributed by atoms with Gasteiger partial charge in [0.05, 0.1) is 11.3 Å². The Morgan fingerprint density at radius 2 is 2.29 bits per heavy atom. The van der Waals surface area contributed by atoms with Gasteiger partial charge in [0.2, 0.25) is 0 Å². The second-order valence-electron chi connectivity index (χ2n) is 5.26. The van der Waals surface area contributed by atoms with Crippen LogP contribution in [-0.4, -0.2) is 43.3 Å². The molecule has 0 bridgehead atoms. The molecule has 1 aliphatic rings. The molecule has 1 fully saturated rings. The third-order valence-electron chi connectivity index (χ3n) is 3.53. The molecule has 118 valence electrons. The number of carbonyl (C=O) groups excluding carboxylic acids is 1. The molecule has 1 atom stereocenters. The fourth-order valence-corrected chi connectivity index (χ4v) is 3.70. The van der Waals surface area contributed by atoms with Crippen molar-refractivity contribution in [3.8, 4) is 0 Å². The van der Waals surface area contributed by atoms with Gasteiger partial charge in [0.15, 0.2) is 5.69 Å². The standard InChI is InChI=1S/C12H18ClN3O4S/c1-3-8-10(21(13,18)19)9(16-15-8)11(17)14-7-12(2)5-4-6-20-12/h3-7H2,1-2H3,(H,14,17)(H,15,16). The minimum absolute atomic E-state index is 0.205. The van der Waals surface area contributed by atoms with Gasteiger partial charge in [-0.25, -0.2) is 8.42 Å². The summed E-state index contributed by atoms with van der Waals surface area (Å²) in [5, 5.41) is 8.98. The van der Waals surface area contributed by atoms with E-state index in [2.05, 4.69) is 15.5 Å². The van der Waals surface area contributed by atoms with Crippen molar-refractivity contribution in [2.24, 2.45) is 0 Å². The number of H-pyrrole nitrogens is 1. The quantitative estimate of drug-likeness (QED) is 0.787. The number of aryl methyl sites for hydroxylation is 1. The molecule has 1 saturated heterocycles. The van der Waals surface area contributed by atoms with E-state index in [1.54, 1.807) is 6.92 Å². The zero-order chi connectivity index (χ0) is 15.7. The molecule has 0 aromatic carbocycles. The molecule has 1 aromatic heterocycles. The van der Waals surface area contributed by atoms with Crippen LogP contribution in [0.3, 0.4) is 0 Å². The average molecular weight is 336 g/mol. The maximum Gasteiger partial charge on any atom is 0.273 e. The van der Waals surface area contributed by atoms with Gasteiger partial charge in [0, 0.05) is 23.8 Å². The predicted molar refractivity (Wildman–Crippen MR) is 76.9 cm³/mol. The first kappa shape index (κ1) is 16.3. The smallest absolute Gasteiger partial charge is 0.273 e. The topological polar surface area (TPSA) is 101 Å². The first-order chi connectivity index (χ1) is 9.77. The Balaban J connectivity index is 2.18. The number of amides is 1. The van der Waals surface area contributed by atoms with Crippen LogP contribution >= 0.6 is 10.7 Å². The lowest BCUT2D eigenvalue weighted by molar-refractivity contribution is 0.0205. The summed E-state index contributed by atoms with van der Waals surface area (Å²) < 4.78 is 28.8. The minimum Gasteiger partial charge on any atom is -0.373 e. The van der Waals surface area contributed by atoms with Crippen molar-refractivity contribution in [2.75, 3.05) is 13.2 Å². The molecular weight excluding hydrogens is 318 g/mol. The van der Waals surface area contributed by atoms with Gasteiger partial charge < -0.3 is 10.1 Å². The highest BCUT2D eigenvalue weighted by atomic mass is 35.7. The fraction of sp³-hybridized carbons (Fsp3) is 0.667. The van der Waals surface area contributed by atoms with Crippen molar-refractivity contribution in [3.63, 3.8) is 0 Å². The van der Waals surface area contributed by atoms with Crippen molar-refractivity contribution in [3.05, 3.63) is 11.4 Å². The van der Waals surface area contributed by atoms with E-state index in [0.29, 0.717) is 25.3 Å². The number of carbonyl (C=O) groups is 1. The third-order valence-corrected chi connectivity index (χ3v) is 4.92. The summed E-state index contributed by atoms with van der Waals surface area (Å²) >= 11 is 0. The maximum atomic E-state index is 12.2. The van der Waals surface area contributed by atoms with Gasteiger partial charge in [-0.2, -0.15) is 5.10 Å². The van der Waals surface area contributed by atoms with Crippen LogP contribution in [0.5, 0.6) is 0 Å². The summed E-state index contributed by atoms with van der Waals surface area (Å²) in [6.07, 6.45) is 2.16. The molecular formula is C12H18ClN3O4S. The Morgan fingerprint density at radius 3 is 2.81 bits per heavy atom. The van der Waals surface area contributed by atoms with Crippen LogP contribution in [0.15, 0.2) is 4.90 Å². The molecule has 7 nitrogen and oxygen atoms in total. The van der Waals surface area contributed by atoms with Gasteiger partial charge in [-0.3, -0.25) is 9.89 Å². The van der Waals surface area contributed by atoms with E-state index in [1.165, 1.54) is 0 Å². The molecule has 1 amide bonds. The summed E-state index contributed by atoms with van der Waals surface area (Å²) in [6.45, 7) is 4.60. The van der Waals surface area contributed by atoms with Gasteiger partial charge >= 0.3 is 0 Å². The highest BCUT2D eigenvalue weighted by Gasteiger charge is 2.32. The van der Waals surface area contributed by atoms with Crippen LogP contribution in [0.25, 0.3) is 0 Å². The number of nitrogens with zero attached hydrogens (tertiary/aromatic N) is 1. The van der Waals surface area contributed by atoms with Gasteiger partial charge in [-0.15, -0.1) is 0 Å². The molecule has 2 rings (SSSR count). The largest absolute Gasteiger partial charge is 0.373 e. The number of rotatable bonds is 5. The van der Waals surface area contributed by atoms with E-state index >= 15 is 0 Å². The zero-order valence-corrected chi connectivity index (χ0v) is 13.5. The Bertz CT molecular complexity index is 635. The molecule has 21 heavy (non-hydrogen) atoms. The SMILES string of the molecule is CCc1[nH]nc(C(=O)NCC2(C)CCCO2)c1S(=O)(=O)Cl. The van der Waals surface area contributed by atoms with E-state index in [9.17, 15) is 13.2 Å². The van der Waals surface area contributed by atoms with Gasteiger partial charge in [-0.1, -0.05) is 6.92 Å². The van der Waals surface area contributed by atoms with Crippen molar-refractivity contribution in [1.29, 1.82) is 0 Å². The summed E-state index contributed by atoms with van der Waals surface area (Å²) in [4.78, 5) is 11.9. The number of hydrogen-bond donors (Lipinski definition) is 2. The molecule has 0 spiro atoms. The number of halogens is 1. The molecule has 1 unspecified atom stereocenters. The molecule has 0 radical (unpaired) electrons. The third kappa shape index (κ3) is 3.56. The molecule has 2 N–H and O–H groups in total. The number of hydrogen-bond acceptors (Lipinski definition) is 5. The van der Waals surface area contributed by atoms with E-state index in [4.69, 9.17) is 15.4 Å². The summed E-state index contributed by atoms with van der Waals surface area (Å²) in [5.74, 6) is -0.582. The minimum atomic E-state index is -4.04. The Morgan fingerprint density at radius 1 is 1.57 bits per heavy atom. The van der Waals surface area contributed by atoms with Crippen molar-refractivity contribution in [2.45, 2.75) is 43.6 Å². The molecule has 0 saturated carbocycles. The maximum absolute atomic E-state index is 12.2. The average Bonchev–Trinajstić information content (AvgIpc) is 3.01. The number of aromatic amines is 1. The van der Waals surface area contributed by atoms with Crippen LogP contribution in [0.4, 0.5) is 0 Å². The lowest BCUT2D eigenvalue weighted by atomic mass is 10.0. The second kappa shape index (κ2) is 5.94. The van der Waals surface area contributed by atoms with Crippen molar-refractivity contribution in [1.82, 2.24) is 15.5 Å². The van der Waals surface area contributed by atoms with Crippen molar-refractivity contribution >= 4 is 25.6 Å². The predicted octanol–water partition coefficient (Wildman–Crippen LogP) is 1.20. The Labute approximate surface area is 127 Å². The van der Waals surface area contributed by atoms with Crippen LogP contribution < -0.4 is 5.32 Å². The molecule has 1 aromatic rings. The van der Waals surface area contributed by atoms with Crippen LogP contribution in [0.1, 0.15) is 42.9 Å². The monoisotopic (exact) mass is 335 g/mol. The molecule has 2 heterocycles.